The fraction of sp³-hybridized carbons (Fsp3) is 0. The first-order valence-electron chi connectivity index (χ1n) is 12.4. The molecule has 8 rings (SSSR count). The van der Waals surface area contributed by atoms with E-state index in [2.05, 4.69) is 91.0 Å². The van der Waals surface area contributed by atoms with Gasteiger partial charge in [-0.1, -0.05) is 91.0 Å². The molecule has 0 bridgehead atoms. The summed E-state index contributed by atoms with van der Waals surface area (Å²) in [7, 11) is 0. The molecule has 0 saturated heterocycles. The van der Waals surface area contributed by atoms with E-state index in [0.717, 1.165) is 77.0 Å². The zero-order valence-electron chi connectivity index (χ0n) is 19.8. The zero-order valence-corrected chi connectivity index (χ0v) is 19.8. The second kappa shape index (κ2) is 7.74. The van der Waals surface area contributed by atoms with Gasteiger partial charge in [-0.2, -0.15) is 0 Å². The van der Waals surface area contributed by atoms with Crippen molar-refractivity contribution >= 4 is 54.5 Å². The summed E-state index contributed by atoms with van der Waals surface area (Å²) in [5.74, 6) is 0. The largest absolute Gasteiger partial charge is 0.455 e. The molecule has 2 heterocycles. The van der Waals surface area contributed by atoms with Crippen LogP contribution in [0, 0.1) is 0 Å². The lowest BCUT2D eigenvalue weighted by Gasteiger charge is -2.13. The van der Waals surface area contributed by atoms with E-state index in [1.165, 1.54) is 0 Å². The molecule has 0 aliphatic rings. The van der Waals surface area contributed by atoms with E-state index in [0.29, 0.717) is 0 Å². The third-order valence-corrected chi connectivity index (χ3v) is 7.24. The topological polar surface area (TPSA) is 38.9 Å². The van der Waals surface area contributed by atoms with E-state index in [-0.39, 0.29) is 0 Å². The number of furan rings is 1. The lowest BCUT2D eigenvalue weighted by atomic mass is 9.99. The molecule has 2 aromatic heterocycles. The molecule has 0 radical (unpaired) electrons. The summed E-state index contributed by atoms with van der Waals surface area (Å²) in [4.78, 5) is 10.4. The molecule has 37 heavy (non-hydrogen) atoms. The van der Waals surface area contributed by atoms with E-state index >= 15 is 0 Å². The van der Waals surface area contributed by atoms with Gasteiger partial charge in [-0.3, -0.25) is 0 Å². The molecule has 0 atom stereocenters. The molecule has 172 valence electrons. The van der Waals surface area contributed by atoms with Crippen molar-refractivity contribution in [1.29, 1.82) is 0 Å². The van der Waals surface area contributed by atoms with E-state index in [1.54, 1.807) is 0 Å². The summed E-state index contributed by atoms with van der Waals surface area (Å²) in [5, 5.41) is 6.76. The Morgan fingerprint density at radius 1 is 0.459 bits per heavy atom. The van der Waals surface area contributed by atoms with Gasteiger partial charge < -0.3 is 4.42 Å². The Kier molecular flexibility index (Phi) is 4.23. The van der Waals surface area contributed by atoms with Crippen molar-refractivity contribution in [3.8, 4) is 22.5 Å². The minimum absolute atomic E-state index is 0.877. The predicted molar refractivity (Wildman–Crippen MR) is 153 cm³/mol. The SMILES string of the molecule is c1ccc(-c2nc3ccc4ccccc4c3nc2-c2ccc3c(ccc4c5ccccc5oc34)c2)cc1. The molecule has 0 fully saturated rings. The van der Waals surface area contributed by atoms with Gasteiger partial charge in [0.15, 0.2) is 0 Å². The van der Waals surface area contributed by atoms with Crippen LogP contribution < -0.4 is 0 Å². The predicted octanol–water partition coefficient (Wildman–Crippen LogP) is 9.17. The number of hydrogen-bond donors (Lipinski definition) is 0. The highest BCUT2D eigenvalue weighted by Gasteiger charge is 2.16. The van der Waals surface area contributed by atoms with Crippen LogP contribution in [0.5, 0.6) is 0 Å². The number of benzene rings is 6. The number of nitrogens with zero attached hydrogens (tertiary/aromatic N) is 2. The summed E-state index contributed by atoms with van der Waals surface area (Å²) in [6.45, 7) is 0. The minimum Gasteiger partial charge on any atom is -0.455 e. The first kappa shape index (κ1) is 20.2. The highest BCUT2D eigenvalue weighted by Crippen LogP contribution is 2.38. The van der Waals surface area contributed by atoms with Crippen molar-refractivity contribution in [1.82, 2.24) is 9.97 Å². The van der Waals surface area contributed by atoms with Gasteiger partial charge in [-0.25, -0.2) is 9.97 Å². The number of aromatic nitrogens is 2. The van der Waals surface area contributed by atoms with Gasteiger partial charge in [0.25, 0.3) is 0 Å². The van der Waals surface area contributed by atoms with Crippen molar-refractivity contribution in [3.63, 3.8) is 0 Å². The quantitative estimate of drug-likeness (QED) is 0.235. The molecule has 0 amide bonds. The van der Waals surface area contributed by atoms with Crippen LogP contribution in [-0.2, 0) is 0 Å². The molecule has 6 aromatic carbocycles. The Balaban J connectivity index is 1.42. The molecule has 8 aromatic rings. The Bertz CT molecular complexity index is 2140. The lowest BCUT2D eigenvalue weighted by Crippen LogP contribution is -1.96. The van der Waals surface area contributed by atoms with Gasteiger partial charge in [-0.15, -0.1) is 0 Å². The van der Waals surface area contributed by atoms with Crippen molar-refractivity contribution in [2.24, 2.45) is 0 Å². The summed E-state index contributed by atoms with van der Waals surface area (Å²) < 4.78 is 6.28. The minimum atomic E-state index is 0.877. The maximum absolute atomic E-state index is 6.28. The summed E-state index contributed by atoms with van der Waals surface area (Å²) in [6.07, 6.45) is 0. The zero-order chi connectivity index (χ0) is 24.3. The van der Waals surface area contributed by atoms with Gasteiger partial charge in [-0.05, 0) is 41.1 Å². The van der Waals surface area contributed by atoms with Gasteiger partial charge in [0.2, 0.25) is 0 Å². The van der Waals surface area contributed by atoms with Gasteiger partial charge in [0.1, 0.15) is 11.2 Å². The fourth-order valence-corrected chi connectivity index (χ4v) is 5.45. The number of rotatable bonds is 2. The van der Waals surface area contributed by atoms with Crippen molar-refractivity contribution in [2.75, 3.05) is 0 Å². The summed E-state index contributed by atoms with van der Waals surface area (Å²) in [6, 6.07) is 41.9. The van der Waals surface area contributed by atoms with Crippen LogP contribution in [-0.4, -0.2) is 9.97 Å². The van der Waals surface area contributed by atoms with Gasteiger partial charge in [0.05, 0.1) is 22.4 Å². The van der Waals surface area contributed by atoms with Gasteiger partial charge >= 0.3 is 0 Å². The average molecular weight is 473 g/mol. The molecule has 0 N–H and O–H groups in total. The molecular weight excluding hydrogens is 452 g/mol. The Labute approximate surface area is 212 Å². The van der Waals surface area contributed by atoms with Crippen LogP contribution >= 0.6 is 0 Å². The molecule has 0 saturated carbocycles. The second-order valence-corrected chi connectivity index (χ2v) is 9.42. The Morgan fingerprint density at radius 3 is 2.11 bits per heavy atom. The van der Waals surface area contributed by atoms with Crippen LogP contribution in [0.4, 0.5) is 0 Å². The average Bonchev–Trinajstić information content (AvgIpc) is 3.36. The highest BCUT2D eigenvalue weighted by atomic mass is 16.3. The Hall–Kier alpha value is -5.02. The van der Waals surface area contributed by atoms with Crippen molar-refractivity contribution in [2.45, 2.75) is 0 Å². The van der Waals surface area contributed by atoms with Crippen LogP contribution in [0.15, 0.2) is 126 Å². The lowest BCUT2D eigenvalue weighted by molar-refractivity contribution is 0.672. The van der Waals surface area contributed by atoms with Crippen LogP contribution in [0.25, 0.3) is 77.0 Å². The molecule has 0 unspecified atom stereocenters. The molecule has 3 nitrogen and oxygen atoms in total. The maximum atomic E-state index is 6.28. The van der Waals surface area contributed by atoms with Crippen LogP contribution in [0.2, 0.25) is 0 Å². The van der Waals surface area contributed by atoms with Crippen LogP contribution in [0.3, 0.4) is 0 Å². The van der Waals surface area contributed by atoms with Crippen molar-refractivity contribution in [3.05, 3.63) is 121 Å². The third-order valence-electron chi connectivity index (χ3n) is 7.24. The molecule has 0 aliphatic heterocycles. The molecule has 0 aliphatic carbocycles. The molecule has 0 spiro atoms. The second-order valence-electron chi connectivity index (χ2n) is 9.42. The normalized spacial score (nSPS) is 11.8. The van der Waals surface area contributed by atoms with E-state index in [4.69, 9.17) is 14.4 Å². The van der Waals surface area contributed by atoms with Gasteiger partial charge in [0, 0.05) is 32.7 Å². The fourth-order valence-electron chi connectivity index (χ4n) is 5.45. The summed E-state index contributed by atoms with van der Waals surface area (Å²) in [5.41, 5.74) is 7.48. The smallest absolute Gasteiger partial charge is 0.143 e. The highest BCUT2D eigenvalue weighted by molar-refractivity contribution is 6.15. The Morgan fingerprint density at radius 2 is 1.19 bits per heavy atom. The van der Waals surface area contributed by atoms with Crippen molar-refractivity contribution < 1.29 is 4.42 Å². The number of para-hydroxylation sites is 1. The monoisotopic (exact) mass is 472 g/mol. The maximum Gasteiger partial charge on any atom is 0.143 e. The first-order valence-corrected chi connectivity index (χ1v) is 12.4. The first-order chi connectivity index (χ1) is 18.3. The van der Waals surface area contributed by atoms with E-state index in [1.807, 2.05) is 30.3 Å². The van der Waals surface area contributed by atoms with E-state index < -0.39 is 0 Å². The van der Waals surface area contributed by atoms with E-state index in [9.17, 15) is 0 Å². The third kappa shape index (κ3) is 3.08. The molecular formula is C34H20N2O. The van der Waals surface area contributed by atoms with Crippen LogP contribution in [0.1, 0.15) is 0 Å². The molecule has 3 heteroatoms. The summed E-state index contributed by atoms with van der Waals surface area (Å²) >= 11 is 0. The number of hydrogen-bond acceptors (Lipinski definition) is 3. The number of fused-ring (bicyclic) bond motifs is 8. The standard InChI is InChI=1S/C34H20N2O/c1-2-9-22(10-3-1)31-32(36-33-25-11-5-4-8-21(25)16-19-29(33)35-31)24-15-17-26-23(20-24)14-18-28-27-12-6-7-13-30(27)37-34(26)28/h1-20H.